The first-order valence-electron chi connectivity index (χ1n) is 10.9. The van der Waals surface area contributed by atoms with Crippen LogP contribution >= 0.6 is 0 Å². The van der Waals surface area contributed by atoms with E-state index in [-0.39, 0.29) is 11.6 Å². The van der Waals surface area contributed by atoms with Crippen LogP contribution in [0.25, 0.3) is 0 Å². The predicted molar refractivity (Wildman–Crippen MR) is 129 cm³/mol. The van der Waals surface area contributed by atoms with Gasteiger partial charge in [-0.15, -0.1) is 0 Å². The Labute approximate surface area is 196 Å². The Kier molecular flexibility index (Phi) is 6.84. The van der Waals surface area contributed by atoms with E-state index >= 15 is 0 Å². The molecule has 1 saturated heterocycles. The van der Waals surface area contributed by atoms with Crippen molar-refractivity contribution < 1.29 is 14.5 Å². The molecular formula is C25H25N5O4. The van der Waals surface area contributed by atoms with Crippen LogP contribution in [0.2, 0.25) is 0 Å². The van der Waals surface area contributed by atoms with E-state index in [2.05, 4.69) is 10.2 Å². The van der Waals surface area contributed by atoms with Crippen molar-refractivity contribution in [3.63, 3.8) is 0 Å². The summed E-state index contributed by atoms with van der Waals surface area (Å²) < 4.78 is 0. The summed E-state index contributed by atoms with van der Waals surface area (Å²) in [6, 6.07) is 20.9. The number of rotatable bonds is 7. The number of hydrogen-bond donors (Lipinski definition) is 2. The van der Waals surface area contributed by atoms with E-state index in [1.54, 1.807) is 29.2 Å². The summed E-state index contributed by atoms with van der Waals surface area (Å²) in [5, 5.41) is 14.7. The molecule has 0 bridgehead atoms. The summed E-state index contributed by atoms with van der Waals surface area (Å²) in [7, 11) is 0. The second kappa shape index (κ2) is 10.1. The van der Waals surface area contributed by atoms with Gasteiger partial charge < -0.3 is 16.0 Å². The Morgan fingerprint density at radius 2 is 1.56 bits per heavy atom. The minimum absolute atomic E-state index is 0.146. The zero-order chi connectivity index (χ0) is 24.1. The molecule has 34 heavy (non-hydrogen) atoms. The molecule has 0 unspecified atom stereocenters. The predicted octanol–water partition coefficient (Wildman–Crippen LogP) is 3.40. The molecule has 3 N–H and O–H groups in total. The molecule has 3 aromatic rings. The standard InChI is InChI=1S/C25H25N5O4/c26-24(31)19-8-6-18(7-9-19)17-28-12-14-29(15-13-28)25(32)20-10-11-22(23(16-20)30(33)34)27-21-4-2-1-3-5-21/h1-11,16,27H,12-15,17H2,(H2,26,31). The van der Waals surface area contributed by atoms with Crippen LogP contribution in [0.4, 0.5) is 17.1 Å². The summed E-state index contributed by atoms with van der Waals surface area (Å²) in [6.07, 6.45) is 0. The Bertz CT molecular complexity index is 1190. The molecule has 1 heterocycles. The first-order chi connectivity index (χ1) is 16.4. The Hall–Kier alpha value is -4.24. The Balaban J connectivity index is 1.39. The van der Waals surface area contributed by atoms with Gasteiger partial charge in [-0.3, -0.25) is 24.6 Å². The topological polar surface area (TPSA) is 122 Å². The summed E-state index contributed by atoms with van der Waals surface area (Å²) in [4.78, 5) is 39.3. The van der Waals surface area contributed by atoms with Crippen molar-refractivity contribution in [1.82, 2.24) is 9.80 Å². The van der Waals surface area contributed by atoms with Gasteiger partial charge in [0, 0.05) is 55.6 Å². The van der Waals surface area contributed by atoms with Crippen molar-refractivity contribution in [3.8, 4) is 0 Å². The highest BCUT2D eigenvalue weighted by molar-refractivity contribution is 5.96. The Morgan fingerprint density at radius 1 is 0.912 bits per heavy atom. The highest BCUT2D eigenvalue weighted by Crippen LogP contribution is 2.29. The van der Waals surface area contributed by atoms with E-state index in [0.717, 1.165) is 11.3 Å². The van der Waals surface area contributed by atoms with Crippen molar-refractivity contribution in [2.24, 2.45) is 5.73 Å². The lowest BCUT2D eigenvalue weighted by molar-refractivity contribution is -0.383. The number of amides is 2. The SMILES string of the molecule is NC(=O)c1ccc(CN2CCN(C(=O)c3ccc(Nc4ccccc4)c([N+](=O)[O-])c3)CC2)cc1. The van der Waals surface area contributed by atoms with Gasteiger partial charge in [0.25, 0.3) is 11.6 Å². The minimum Gasteiger partial charge on any atom is -0.366 e. The molecule has 0 aliphatic carbocycles. The monoisotopic (exact) mass is 459 g/mol. The molecule has 0 radical (unpaired) electrons. The van der Waals surface area contributed by atoms with Crippen LogP contribution in [0.5, 0.6) is 0 Å². The molecule has 0 spiro atoms. The van der Waals surface area contributed by atoms with E-state index in [9.17, 15) is 19.7 Å². The number of nitro groups is 1. The Morgan fingerprint density at radius 3 is 2.18 bits per heavy atom. The number of anilines is 2. The summed E-state index contributed by atoms with van der Waals surface area (Å²) in [6.45, 7) is 3.11. The number of para-hydroxylation sites is 1. The van der Waals surface area contributed by atoms with E-state index in [1.165, 1.54) is 6.07 Å². The van der Waals surface area contributed by atoms with E-state index in [0.29, 0.717) is 49.5 Å². The number of benzene rings is 3. The van der Waals surface area contributed by atoms with Gasteiger partial charge in [0.05, 0.1) is 4.92 Å². The van der Waals surface area contributed by atoms with Crippen LogP contribution in [0.1, 0.15) is 26.3 Å². The van der Waals surface area contributed by atoms with E-state index in [1.807, 2.05) is 42.5 Å². The van der Waals surface area contributed by atoms with Crippen LogP contribution in [0, 0.1) is 10.1 Å². The molecule has 1 fully saturated rings. The fourth-order valence-electron chi connectivity index (χ4n) is 3.92. The molecule has 174 valence electrons. The highest BCUT2D eigenvalue weighted by Gasteiger charge is 2.25. The number of nitrogens with one attached hydrogen (secondary N) is 1. The fraction of sp³-hybridized carbons (Fsp3) is 0.200. The summed E-state index contributed by atoms with van der Waals surface area (Å²) in [5.41, 5.74) is 8.02. The number of nitrogens with two attached hydrogens (primary N) is 1. The van der Waals surface area contributed by atoms with Crippen molar-refractivity contribution in [2.45, 2.75) is 6.54 Å². The largest absolute Gasteiger partial charge is 0.366 e. The summed E-state index contributed by atoms with van der Waals surface area (Å²) in [5.74, 6) is -0.678. The molecule has 9 heteroatoms. The zero-order valence-corrected chi connectivity index (χ0v) is 18.5. The molecule has 0 saturated carbocycles. The minimum atomic E-state index is -0.483. The molecule has 2 amide bonds. The highest BCUT2D eigenvalue weighted by atomic mass is 16.6. The van der Waals surface area contributed by atoms with Crippen LogP contribution < -0.4 is 11.1 Å². The van der Waals surface area contributed by atoms with Crippen molar-refractivity contribution >= 4 is 28.9 Å². The van der Waals surface area contributed by atoms with Gasteiger partial charge in [0.15, 0.2) is 0 Å². The van der Waals surface area contributed by atoms with Crippen LogP contribution in [-0.4, -0.2) is 52.7 Å². The second-order valence-electron chi connectivity index (χ2n) is 8.11. The third-order valence-electron chi connectivity index (χ3n) is 5.80. The maximum absolute atomic E-state index is 13.0. The summed E-state index contributed by atoms with van der Waals surface area (Å²) >= 11 is 0. The molecule has 0 atom stereocenters. The average molecular weight is 460 g/mol. The lowest BCUT2D eigenvalue weighted by atomic mass is 10.1. The maximum Gasteiger partial charge on any atom is 0.293 e. The number of nitro benzene ring substituents is 1. The van der Waals surface area contributed by atoms with E-state index in [4.69, 9.17) is 5.73 Å². The van der Waals surface area contributed by atoms with Crippen molar-refractivity contribution in [1.29, 1.82) is 0 Å². The molecule has 0 aromatic heterocycles. The number of nitrogens with zero attached hydrogens (tertiary/aromatic N) is 3. The van der Waals surface area contributed by atoms with Crippen LogP contribution in [-0.2, 0) is 6.54 Å². The number of piperazine rings is 1. The third-order valence-corrected chi connectivity index (χ3v) is 5.80. The smallest absolute Gasteiger partial charge is 0.293 e. The molecule has 4 rings (SSSR count). The number of carbonyl (C=O) groups is 2. The average Bonchev–Trinajstić information content (AvgIpc) is 2.85. The van der Waals surface area contributed by atoms with Gasteiger partial charge in [-0.1, -0.05) is 30.3 Å². The van der Waals surface area contributed by atoms with Gasteiger partial charge in [0.2, 0.25) is 5.91 Å². The number of primary amides is 1. The third kappa shape index (κ3) is 5.38. The molecular weight excluding hydrogens is 434 g/mol. The van der Waals surface area contributed by atoms with Gasteiger partial charge in [-0.05, 0) is 42.0 Å². The quantitative estimate of drug-likeness (QED) is 0.413. The lowest BCUT2D eigenvalue weighted by Gasteiger charge is -2.34. The van der Waals surface area contributed by atoms with Gasteiger partial charge >= 0.3 is 0 Å². The second-order valence-corrected chi connectivity index (χ2v) is 8.11. The molecule has 9 nitrogen and oxygen atoms in total. The first-order valence-corrected chi connectivity index (χ1v) is 10.9. The first kappa shape index (κ1) is 22.9. The lowest BCUT2D eigenvalue weighted by Crippen LogP contribution is -2.48. The fourth-order valence-corrected chi connectivity index (χ4v) is 3.92. The van der Waals surface area contributed by atoms with Gasteiger partial charge in [0.1, 0.15) is 5.69 Å². The zero-order valence-electron chi connectivity index (χ0n) is 18.5. The van der Waals surface area contributed by atoms with Crippen LogP contribution in [0.3, 0.4) is 0 Å². The van der Waals surface area contributed by atoms with Gasteiger partial charge in [-0.25, -0.2) is 0 Å². The van der Waals surface area contributed by atoms with Crippen molar-refractivity contribution in [3.05, 3.63) is 99.6 Å². The number of hydrogen-bond acceptors (Lipinski definition) is 6. The number of carbonyl (C=O) groups excluding carboxylic acids is 2. The maximum atomic E-state index is 13.0. The molecule has 1 aliphatic heterocycles. The van der Waals surface area contributed by atoms with Gasteiger partial charge in [-0.2, -0.15) is 0 Å². The van der Waals surface area contributed by atoms with Crippen molar-refractivity contribution in [2.75, 3.05) is 31.5 Å². The molecule has 3 aromatic carbocycles. The normalized spacial score (nSPS) is 13.9. The van der Waals surface area contributed by atoms with E-state index < -0.39 is 10.8 Å². The molecule has 1 aliphatic rings. The van der Waals surface area contributed by atoms with Crippen LogP contribution in [0.15, 0.2) is 72.8 Å².